The zero-order valence-electron chi connectivity index (χ0n) is 18.2. The number of ether oxygens (including phenoxy) is 1. The smallest absolute Gasteiger partial charge is 0.330 e. The maximum absolute atomic E-state index is 14.4. The molecule has 190 valence electrons. The average molecular weight is 526 g/mol. The third-order valence-corrected chi connectivity index (χ3v) is 6.35. The van der Waals surface area contributed by atoms with Gasteiger partial charge in [-0.25, -0.2) is 14.2 Å². The van der Waals surface area contributed by atoms with Gasteiger partial charge in [0.2, 0.25) is 12.3 Å². The molecule has 1 saturated heterocycles. The fourth-order valence-corrected chi connectivity index (χ4v) is 4.48. The molecule has 0 aliphatic carbocycles. The molecule has 4 heterocycles. The first kappa shape index (κ1) is 24.1. The van der Waals surface area contributed by atoms with E-state index in [0.717, 1.165) is 6.08 Å². The Morgan fingerprint density at radius 2 is 2.11 bits per heavy atom. The summed E-state index contributed by atoms with van der Waals surface area (Å²) in [5.41, 5.74) is 0.918. The third-order valence-electron chi connectivity index (χ3n) is 5.53. The Morgan fingerprint density at radius 3 is 2.83 bits per heavy atom. The van der Waals surface area contributed by atoms with E-state index >= 15 is 0 Å². The highest BCUT2D eigenvalue weighted by Gasteiger charge is 2.46. The second kappa shape index (κ2) is 9.48. The fraction of sp³-hybridized carbons (Fsp3) is 0.333. The van der Waals surface area contributed by atoms with E-state index in [0.29, 0.717) is 33.1 Å². The Kier molecular flexibility index (Phi) is 6.36. The first-order chi connectivity index (χ1) is 17.2. The summed E-state index contributed by atoms with van der Waals surface area (Å²) in [5.74, 6) is -3.32. The summed E-state index contributed by atoms with van der Waals surface area (Å²) in [4.78, 5) is 33.2. The molecule has 15 heteroatoms. The van der Waals surface area contributed by atoms with Gasteiger partial charge in [0.1, 0.15) is 28.7 Å². The van der Waals surface area contributed by atoms with E-state index in [-0.39, 0.29) is 24.4 Å². The highest BCUT2D eigenvalue weighted by molar-refractivity contribution is 7.13. The minimum Gasteiger partial charge on any atom is -0.330 e. The Morgan fingerprint density at radius 1 is 1.28 bits per heavy atom. The van der Waals surface area contributed by atoms with Gasteiger partial charge in [0.15, 0.2) is 0 Å². The Labute approximate surface area is 204 Å². The molecule has 3 atom stereocenters. The Balaban J connectivity index is 1.55. The topological polar surface area (TPSA) is 121 Å². The summed E-state index contributed by atoms with van der Waals surface area (Å²) in [5, 5.41) is 15.4. The summed E-state index contributed by atoms with van der Waals surface area (Å²) in [6, 6.07) is 5.14. The molecular formula is C21H18F4N6O4S. The van der Waals surface area contributed by atoms with Crippen LogP contribution in [-0.2, 0) is 19.2 Å². The lowest BCUT2D eigenvalue weighted by atomic mass is 10.1. The number of rotatable bonds is 5. The van der Waals surface area contributed by atoms with Crippen molar-refractivity contribution in [3.63, 3.8) is 0 Å². The van der Waals surface area contributed by atoms with Crippen molar-refractivity contribution in [3.05, 3.63) is 41.5 Å². The lowest BCUT2D eigenvalue weighted by Gasteiger charge is -2.38. The largest absolute Gasteiger partial charge is 0.493 e. The number of H-pyrrole nitrogens is 1. The van der Waals surface area contributed by atoms with Gasteiger partial charge in [0.05, 0.1) is 5.52 Å². The summed E-state index contributed by atoms with van der Waals surface area (Å²) >= 11 is 1.37. The van der Waals surface area contributed by atoms with Gasteiger partial charge in [-0.1, -0.05) is 0 Å². The lowest BCUT2D eigenvalue weighted by Crippen LogP contribution is -2.57. The van der Waals surface area contributed by atoms with Crippen LogP contribution in [0.25, 0.3) is 27.2 Å². The lowest BCUT2D eigenvalue weighted by molar-refractivity contribution is -0.266. The normalized spacial score (nSPS) is 22.9. The van der Waals surface area contributed by atoms with Crippen molar-refractivity contribution in [2.45, 2.75) is 31.2 Å². The molecule has 0 spiro atoms. The number of thiazole rings is 1. The van der Waals surface area contributed by atoms with Crippen LogP contribution >= 0.6 is 11.3 Å². The van der Waals surface area contributed by atoms with Gasteiger partial charge in [0, 0.05) is 35.1 Å². The Bertz CT molecular complexity index is 1310. The number of piperidine rings is 1. The molecule has 2 aliphatic rings. The number of halogens is 4. The van der Waals surface area contributed by atoms with Crippen LogP contribution in [-0.4, -0.2) is 70.0 Å². The number of aromatic nitrogens is 3. The number of hydrogen-bond donors (Lipinski definition) is 3. The van der Waals surface area contributed by atoms with Gasteiger partial charge in [0.25, 0.3) is 0 Å². The number of alkyl halides is 4. The number of fused-ring (bicyclic) bond motifs is 1. The minimum absolute atomic E-state index is 0.0143. The summed E-state index contributed by atoms with van der Waals surface area (Å²) in [7, 11) is 0. The van der Waals surface area contributed by atoms with Crippen molar-refractivity contribution in [2.75, 3.05) is 13.1 Å². The van der Waals surface area contributed by atoms with Crippen molar-refractivity contribution in [1.82, 2.24) is 30.9 Å². The molecule has 3 unspecified atom stereocenters. The monoisotopic (exact) mass is 526 g/mol. The van der Waals surface area contributed by atoms with Crippen LogP contribution < -0.4 is 10.6 Å². The maximum atomic E-state index is 14.4. The predicted molar refractivity (Wildman–Crippen MR) is 118 cm³/mol. The Hall–Kier alpha value is -3.56. The van der Waals surface area contributed by atoms with Crippen LogP contribution in [0.2, 0.25) is 0 Å². The molecule has 1 amide bonds. The number of aromatic amines is 1. The van der Waals surface area contributed by atoms with E-state index in [1.165, 1.54) is 11.3 Å². The second-order valence-electron chi connectivity index (χ2n) is 7.95. The molecule has 5 rings (SSSR count). The van der Waals surface area contributed by atoms with Crippen molar-refractivity contribution >= 4 is 39.8 Å². The van der Waals surface area contributed by atoms with Crippen molar-refractivity contribution in [2.24, 2.45) is 0 Å². The molecular weight excluding hydrogens is 508 g/mol. The number of hydroxylamine groups is 2. The molecule has 2 aromatic heterocycles. The summed E-state index contributed by atoms with van der Waals surface area (Å²) in [6.07, 6.45) is -7.04. The van der Waals surface area contributed by atoms with Gasteiger partial charge in [-0.2, -0.15) is 23.3 Å². The van der Waals surface area contributed by atoms with E-state index in [4.69, 9.17) is 4.74 Å². The molecule has 0 radical (unpaired) electrons. The highest BCUT2D eigenvalue weighted by Crippen LogP contribution is 2.34. The number of carbonyl (C=O) groups is 2. The zero-order chi connectivity index (χ0) is 25.4. The first-order valence-corrected chi connectivity index (χ1v) is 11.6. The van der Waals surface area contributed by atoms with Crippen molar-refractivity contribution in [3.8, 4) is 10.6 Å². The number of amides is 1. The van der Waals surface area contributed by atoms with Crippen LogP contribution in [0.1, 0.15) is 12.1 Å². The average Bonchev–Trinajstić information content (AvgIpc) is 3.51. The molecule has 1 aromatic carbocycles. The van der Waals surface area contributed by atoms with Crippen LogP contribution in [0.15, 0.2) is 35.9 Å². The molecule has 3 aromatic rings. The molecule has 10 nitrogen and oxygen atoms in total. The van der Waals surface area contributed by atoms with E-state index in [1.807, 2.05) is 0 Å². The van der Waals surface area contributed by atoms with Gasteiger partial charge in [-0.3, -0.25) is 9.89 Å². The minimum atomic E-state index is -5.35. The highest BCUT2D eigenvalue weighted by atomic mass is 32.1. The number of nitrogens with one attached hydrogen (secondary N) is 3. The van der Waals surface area contributed by atoms with Gasteiger partial charge >= 0.3 is 12.1 Å². The summed E-state index contributed by atoms with van der Waals surface area (Å²) in [6.45, 7) is 0.423. The molecule has 36 heavy (non-hydrogen) atoms. The van der Waals surface area contributed by atoms with Crippen LogP contribution in [0, 0.1) is 0 Å². The fourth-order valence-electron chi connectivity index (χ4n) is 3.84. The number of carbonyl (C=O) groups excluding carboxylic acids is 2. The van der Waals surface area contributed by atoms with Crippen LogP contribution in [0.3, 0.4) is 0 Å². The molecule has 3 N–H and O–H groups in total. The van der Waals surface area contributed by atoms with E-state index in [2.05, 4.69) is 30.7 Å². The van der Waals surface area contributed by atoms with E-state index in [9.17, 15) is 27.2 Å². The molecule has 1 fully saturated rings. The SMILES string of the molecule is O=C1C=C(c2n[nH]c3ccc(-c4nccs4)cc23)N(OC(=O)C(F)(F)F)C(OC2CNCCC2F)N1. The van der Waals surface area contributed by atoms with Gasteiger partial charge in [-0.05, 0) is 31.2 Å². The van der Waals surface area contributed by atoms with Crippen LogP contribution in [0.4, 0.5) is 17.6 Å². The standard InChI is InChI=1S/C21H18F4N6O4S/c22-12-3-4-26-9-15(12)34-20-28-16(32)8-14(31(20)35-19(33)21(23,24)25)17-11-7-10(18-27-5-6-36-18)1-2-13(11)29-30-17/h1-2,5-8,12,15,20,26H,3-4,9H2,(H,28,32)(H,29,30). The van der Waals surface area contributed by atoms with E-state index < -0.39 is 36.7 Å². The van der Waals surface area contributed by atoms with Gasteiger partial charge in [-0.15, -0.1) is 11.3 Å². The molecule has 0 bridgehead atoms. The number of benzene rings is 1. The van der Waals surface area contributed by atoms with Crippen molar-refractivity contribution in [1.29, 1.82) is 0 Å². The second-order valence-corrected chi connectivity index (χ2v) is 8.84. The quantitative estimate of drug-likeness (QED) is 0.434. The molecule has 2 aliphatic heterocycles. The van der Waals surface area contributed by atoms with Crippen molar-refractivity contribution < 1.29 is 36.7 Å². The number of nitrogens with zero attached hydrogens (tertiary/aromatic N) is 3. The maximum Gasteiger partial charge on any atom is 0.493 e. The zero-order valence-corrected chi connectivity index (χ0v) is 19.0. The van der Waals surface area contributed by atoms with E-state index in [1.54, 1.807) is 29.8 Å². The summed E-state index contributed by atoms with van der Waals surface area (Å²) < 4.78 is 59.3. The third kappa shape index (κ3) is 4.76. The predicted octanol–water partition coefficient (Wildman–Crippen LogP) is 2.48. The first-order valence-electron chi connectivity index (χ1n) is 10.7. The van der Waals surface area contributed by atoms with Crippen LogP contribution in [0.5, 0.6) is 0 Å². The van der Waals surface area contributed by atoms with Gasteiger partial charge < -0.3 is 20.2 Å². The number of hydrogen-bond acceptors (Lipinski definition) is 9. The molecule has 0 saturated carbocycles.